The lowest BCUT2D eigenvalue weighted by molar-refractivity contribution is -0.130. The minimum absolute atomic E-state index is 0.00924. The van der Waals surface area contributed by atoms with Gasteiger partial charge in [0.15, 0.2) is 0 Å². The van der Waals surface area contributed by atoms with Gasteiger partial charge in [-0.1, -0.05) is 0 Å². The molecule has 1 aliphatic heterocycles. The molecule has 0 spiro atoms. The van der Waals surface area contributed by atoms with Crippen LogP contribution in [0.1, 0.15) is 13.3 Å². The first-order chi connectivity index (χ1) is 9.08. The van der Waals surface area contributed by atoms with Crippen LogP contribution >= 0.6 is 0 Å². The average molecular weight is 263 g/mol. The predicted octanol–water partition coefficient (Wildman–Crippen LogP) is -0.112. The monoisotopic (exact) mass is 263 g/mol. The van der Waals surface area contributed by atoms with Crippen LogP contribution in [0.25, 0.3) is 0 Å². The molecule has 1 amide bonds. The molecule has 0 aromatic heterocycles. The third-order valence-corrected chi connectivity index (χ3v) is 3.46. The van der Waals surface area contributed by atoms with Gasteiger partial charge >= 0.3 is 0 Å². The zero-order valence-electron chi connectivity index (χ0n) is 11.7. The summed E-state index contributed by atoms with van der Waals surface area (Å²) >= 11 is 0. The second-order valence-corrected chi connectivity index (χ2v) is 4.96. The number of rotatable bonds is 5. The fourth-order valence-corrected chi connectivity index (χ4v) is 2.31. The molecule has 1 heterocycles. The van der Waals surface area contributed by atoms with Gasteiger partial charge in [-0.05, 0) is 14.0 Å². The summed E-state index contributed by atoms with van der Waals surface area (Å²) < 4.78 is 0. The van der Waals surface area contributed by atoms with Gasteiger partial charge < -0.3 is 9.80 Å². The van der Waals surface area contributed by atoms with Gasteiger partial charge in [-0.2, -0.15) is 10.5 Å². The molecule has 0 saturated carbocycles. The minimum Gasteiger partial charge on any atom is -0.316 e. The van der Waals surface area contributed by atoms with Gasteiger partial charge in [0.2, 0.25) is 5.91 Å². The van der Waals surface area contributed by atoms with E-state index in [2.05, 4.69) is 23.8 Å². The molecule has 19 heavy (non-hydrogen) atoms. The first-order valence-corrected chi connectivity index (χ1v) is 6.52. The van der Waals surface area contributed by atoms with Crippen LogP contribution in [-0.4, -0.2) is 73.0 Å². The Morgan fingerprint density at radius 2 is 1.95 bits per heavy atom. The van der Waals surface area contributed by atoms with Crippen molar-refractivity contribution in [3.05, 3.63) is 0 Å². The first-order valence-electron chi connectivity index (χ1n) is 6.52. The van der Waals surface area contributed by atoms with Crippen molar-refractivity contribution < 1.29 is 4.79 Å². The highest BCUT2D eigenvalue weighted by molar-refractivity contribution is 5.76. The molecule has 1 atom stereocenters. The van der Waals surface area contributed by atoms with E-state index >= 15 is 0 Å². The number of hydrogen-bond acceptors (Lipinski definition) is 5. The highest BCUT2D eigenvalue weighted by atomic mass is 16.2. The quantitative estimate of drug-likeness (QED) is 0.647. The summed E-state index contributed by atoms with van der Waals surface area (Å²) in [5.41, 5.74) is 0. The number of hydrogen-bond donors (Lipinski definition) is 0. The fraction of sp³-hybridized carbons (Fsp3) is 0.769. The SMILES string of the molecule is CC1CN(C)CCN1CCC(=O)N(CC#N)CC#N. The lowest BCUT2D eigenvalue weighted by Gasteiger charge is -2.38. The van der Waals surface area contributed by atoms with Crippen LogP contribution < -0.4 is 0 Å². The zero-order chi connectivity index (χ0) is 14.3. The molecule has 0 aliphatic carbocycles. The minimum atomic E-state index is -0.116. The molecule has 1 saturated heterocycles. The van der Waals surface area contributed by atoms with E-state index in [0.717, 1.165) is 19.6 Å². The van der Waals surface area contributed by atoms with E-state index in [4.69, 9.17) is 10.5 Å². The molecule has 0 aromatic carbocycles. The summed E-state index contributed by atoms with van der Waals surface area (Å²) in [6.45, 7) is 5.81. The van der Waals surface area contributed by atoms with Crippen LogP contribution in [0.2, 0.25) is 0 Å². The van der Waals surface area contributed by atoms with Gasteiger partial charge in [-0.25, -0.2) is 0 Å². The van der Waals surface area contributed by atoms with Crippen LogP contribution in [0, 0.1) is 22.7 Å². The lowest BCUT2D eigenvalue weighted by atomic mass is 10.2. The molecular weight excluding hydrogens is 242 g/mol. The van der Waals surface area contributed by atoms with Crippen molar-refractivity contribution >= 4 is 5.91 Å². The number of carbonyl (C=O) groups excluding carboxylic acids is 1. The molecule has 1 fully saturated rings. The molecule has 1 aliphatic rings. The summed E-state index contributed by atoms with van der Waals surface area (Å²) in [7, 11) is 2.10. The van der Waals surface area contributed by atoms with Gasteiger partial charge in [-0.3, -0.25) is 9.69 Å². The average Bonchev–Trinajstić information content (AvgIpc) is 2.37. The van der Waals surface area contributed by atoms with Crippen molar-refractivity contribution in [3.8, 4) is 12.1 Å². The third-order valence-electron chi connectivity index (χ3n) is 3.46. The zero-order valence-corrected chi connectivity index (χ0v) is 11.7. The summed E-state index contributed by atoms with van der Waals surface area (Å²) in [6.07, 6.45) is 0.372. The Morgan fingerprint density at radius 3 is 2.47 bits per heavy atom. The van der Waals surface area contributed by atoms with Gasteiger partial charge in [0.25, 0.3) is 0 Å². The van der Waals surface area contributed by atoms with E-state index in [-0.39, 0.29) is 19.0 Å². The van der Waals surface area contributed by atoms with E-state index < -0.39 is 0 Å². The molecule has 1 unspecified atom stereocenters. The Labute approximate surface area is 114 Å². The Hall–Kier alpha value is -1.63. The highest BCUT2D eigenvalue weighted by Gasteiger charge is 2.22. The summed E-state index contributed by atoms with van der Waals surface area (Å²) in [6, 6.07) is 4.28. The molecule has 6 heteroatoms. The van der Waals surface area contributed by atoms with Crippen molar-refractivity contribution in [2.75, 3.05) is 46.3 Å². The van der Waals surface area contributed by atoms with E-state index in [0.29, 0.717) is 19.0 Å². The number of likely N-dealkylation sites (N-methyl/N-ethyl adjacent to an activating group) is 1. The molecule has 1 rings (SSSR count). The van der Waals surface area contributed by atoms with Crippen LogP contribution in [0.5, 0.6) is 0 Å². The number of amides is 1. The van der Waals surface area contributed by atoms with E-state index in [1.807, 2.05) is 12.1 Å². The molecular formula is C13H21N5O. The standard InChI is InChI=1S/C13H21N5O/c1-12-11-16(2)9-10-17(12)6-3-13(19)18(7-4-14)8-5-15/h12H,3,6-11H2,1-2H3. The van der Waals surface area contributed by atoms with Crippen LogP contribution in [0.3, 0.4) is 0 Å². The summed E-state index contributed by atoms with van der Waals surface area (Å²) in [4.78, 5) is 17.8. The van der Waals surface area contributed by atoms with E-state index in [1.54, 1.807) is 0 Å². The van der Waals surface area contributed by atoms with Gasteiger partial charge in [0.05, 0.1) is 12.1 Å². The fourth-order valence-electron chi connectivity index (χ4n) is 2.31. The Balaban J connectivity index is 2.41. The van der Waals surface area contributed by atoms with Crippen molar-refractivity contribution in [2.45, 2.75) is 19.4 Å². The molecule has 6 nitrogen and oxygen atoms in total. The van der Waals surface area contributed by atoms with Crippen molar-refractivity contribution in [1.29, 1.82) is 10.5 Å². The van der Waals surface area contributed by atoms with E-state index in [1.165, 1.54) is 4.90 Å². The molecule has 0 aromatic rings. The largest absolute Gasteiger partial charge is 0.316 e. The molecule has 0 N–H and O–H groups in total. The normalized spacial score (nSPS) is 20.5. The number of nitrogens with zero attached hydrogens (tertiary/aromatic N) is 5. The molecule has 0 bridgehead atoms. The predicted molar refractivity (Wildman–Crippen MR) is 71.0 cm³/mol. The van der Waals surface area contributed by atoms with Gasteiger partial charge in [0, 0.05) is 38.6 Å². The first kappa shape index (κ1) is 15.4. The maximum atomic E-state index is 11.9. The number of piperazine rings is 1. The van der Waals surface area contributed by atoms with Gasteiger partial charge in [0.1, 0.15) is 13.1 Å². The Morgan fingerprint density at radius 1 is 1.32 bits per heavy atom. The maximum absolute atomic E-state index is 11.9. The second kappa shape index (κ2) is 7.73. The Bertz CT molecular complexity index is 367. The summed E-state index contributed by atoms with van der Waals surface area (Å²) in [5, 5.41) is 17.3. The number of carbonyl (C=O) groups is 1. The van der Waals surface area contributed by atoms with Gasteiger partial charge in [-0.15, -0.1) is 0 Å². The van der Waals surface area contributed by atoms with Crippen LogP contribution in [0.15, 0.2) is 0 Å². The van der Waals surface area contributed by atoms with Crippen LogP contribution in [-0.2, 0) is 4.79 Å². The third kappa shape index (κ3) is 4.86. The maximum Gasteiger partial charge on any atom is 0.225 e. The van der Waals surface area contributed by atoms with Crippen LogP contribution in [0.4, 0.5) is 0 Å². The number of nitriles is 2. The van der Waals surface area contributed by atoms with Crippen molar-refractivity contribution in [1.82, 2.24) is 14.7 Å². The van der Waals surface area contributed by atoms with Crippen molar-refractivity contribution in [3.63, 3.8) is 0 Å². The smallest absolute Gasteiger partial charge is 0.225 e. The van der Waals surface area contributed by atoms with Crippen molar-refractivity contribution in [2.24, 2.45) is 0 Å². The molecule has 104 valence electrons. The lowest BCUT2D eigenvalue weighted by Crippen LogP contribution is -2.51. The molecule has 0 radical (unpaired) electrons. The Kier molecular flexibility index (Phi) is 6.27. The highest BCUT2D eigenvalue weighted by Crippen LogP contribution is 2.08. The van der Waals surface area contributed by atoms with E-state index in [9.17, 15) is 4.79 Å². The second-order valence-electron chi connectivity index (χ2n) is 4.96. The topological polar surface area (TPSA) is 74.4 Å². The summed E-state index contributed by atoms with van der Waals surface area (Å²) in [5.74, 6) is -0.116.